The highest BCUT2D eigenvalue weighted by molar-refractivity contribution is 6.00. The number of methoxy groups -OCH3 is 1. The first-order valence-corrected chi connectivity index (χ1v) is 35.3. The molecule has 14 nitrogen and oxygen atoms in total. The van der Waals surface area contributed by atoms with Crippen molar-refractivity contribution in [3.8, 4) is 56.3 Å². The van der Waals surface area contributed by atoms with Crippen molar-refractivity contribution in [1.82, 2.24) is 51.0 Å². The molecule has 528 valence electrons. The molecule has 10 aromatic carbocycles. The van der Waals surface area contributed by atoms with Crippen molar-refractivity contribution in [2.45, 2.75) is 119 Å². The number of aryl methyl sites for hydroxylation is 6. The van der Waals surface area contributed by atoms with E-state index in [-0.39, 0.29) is 11.6 Å². The number of carbonyl (C=O) groups excluding carboxylic acids is 3. The maximum Gasteiger partial charge on any atom is 0.416 e. The second-order valence-corrected chi connectivity index (χ2v) is 26.1. The molecule has 0 saturated carbocycles. The Bertz CT molecular complexity index is 5450. The molecule has 0 fully saturated rings. The molecular weight excluding hydrogens is 1310 g/mol. The largest absolute Gasteiger partial charge is 0.465 e. The molecule has 0 atom stereocenters. The number of ketones is 2. The number of hydrogen-bond acceptors (Lipinski definition) is 9. The molecule has 15 rings (SSSR count). The molecule has 0 saturated heterocycles. The van der Waals surface area contributed by atoms with Crippen LogP contribution in [0.2, 0.25) is 0 Å². The first-order chi connectivity index (χ1) is 50.3. The van der Waals surface area contributed by atoms with Gasteiger partial charge in [-0.1, -0.05) is 196 Å². The number of unbranched alkanes of at least 4 members (excludes halogenated alkanes) is 5. The van der Waals surface area contributed by atoms with Gasteiger partial charge in [-0.05, 0) is 156 Å². The normalized spacial score (nSPS) is 11.2. The van der Waals surface area contributed by atoms with E-state index in [0.29, 0.717) is 39.7 Å². The van der Waals surface area contributed by atoms with Crippen molar-refractivity contribution in [2.24, 2.45) is 0 Å². The van der Waals surface area contributed by atoms with Gasteiger partial charge < -0.3 is 4.74 Å². The number of hydrogen-bond donors (Lipinski definition) is 5. The molecule has 15 aromatic rings. The third-order valence-corrected chi connectivity index (χ3v) is 18.4. The van der Waals surface area contributed by atoms with Crippen LogP contribution >= 0.6 is 0 Å². The summed E-state index contributed by atoms with van der Waals surface area (Å²) in [7, 11) is 1.29. The third kappa shape index (κ3) is 17.9. The SMILES string of the molecule is CC(=O)c1cccc(-c2n[nH]c3ccc(C)cc23)c1.CCCCCCCCC(=O)c1ccc(-c2n[nH]c3ccc(C)cc23)cc1.CCc1ccc(-c2n[nH]c3ccc(C)cc23)cc1.CCc1cccc(-c2n[nH]c3ccc(C)cc23)c1.COC(=O)c1ccc(-c2n[nH]c3cc(C(F)(F)F)ccc23)cc1. The summed E-state index contributed by atoms with van der Waals surface area (Å²) in [5.74, 6) is -0.147. The highest BCUT2D eigenvalue weighted by atomic mass is 19.4. The Balaban J connectivity index is 0.000000131. The second kappa shape index (κ2) is 33.8. The molecule has 0 unspecified atom stereocenters. The summed E-state index contributed by atoms with van der Waals surface area (Å²) in [4.78, 5) is 35.2. The van der Waals surface area contributed by atoms with Crippen LogP contribution in [-0.4, -0.2) is 75.6 Å². The van der Waals surface area contributed by atoms with E-state index in [1.54, 1.807) is 31.2 Å². The molecule has 17 heteroatoms. The first-order valence-electron chi connectivity index (χ1n) is 35.3. The van der Waals surface area contributed by atoms with Crippen molar-refractivity contribution in [2.75, 3.05) is 7.11 Å². The molecule has 0 amide bonds. The number of esters is 1. The van der Waals surface area contributed by atoms with Crippen LogP contribution in [0.5, 0.6) is 0 Å². The van der Waals surface area contributed by atoms with Crippen LogP contribution in [-0.2, 0) is 23.8 Å². The number of ether oxygens (including phenoxy) is 1. The molecule has 104 heavy (non-hydrogen) atoms. The number of H-pyrrole nitrogens is 5. The first kappa shape index (κ1) is 73.4. The monoisotopic (exact) mass is 1390 g/mol. The highest BCUT2D eigenvalue weighted by Crippen LogP contribution is 2.36. The predicted octanol–water partition coefficient (Wildman–Crippen LogP) is 22.4. The topological polar surface area (TPSA) is 204 Å². The Hall–Kier alpha value is -11.9. The number of carbonyl (C=O) groups is 3. The summed E-state index contributed by atoms with van der Waals surface area (Å²) in [5.41, 5.74) is 22.8. The van der Waals surface area contributed by atoms with Crippen LogP contribution in [0.4, 0.5) is 13.2 Å². The van der Waals surface area contributed by atoms with Gasteiger partial charge in [0.05, 0.1) is 74.3 Å². The summed E-state index contributed by atoms with van der Waals surface area (Å²) in [6.07, 6.45) is 5.61. The number of nitrogens with one attached hydrogen (secondary N) is 5. The molecule has 0 aliphatic carbocycles. The van der Waals surface area contributed by atoms with E-state index in [4.69, 9.17) is 0 Å². The lowest BCUT2D eigenvalue weighted by atomic mass is 10.0. The van der Waals surface area contributed by atoms with E-state index >= 15 is 0 Å². The summed E-state index contributed by atoms with van der Waals surface area (Å²) in [6, 6.07) is 67.8. The lowest BCUT2D eigenvalue weighted by Crippen LogP contribution is -2.04. The number of benzene rings is 10. The van der Waals surface area contributed by atoms with Crippen molar-refractivity contribution >= 4 is 72.1 Å². The summed E-state index contributed by atoms with van der Waals surface area (Å²) in [6.45, 7) is 16.5. The van der Waals surface area contributed by atoms with Crippen LogP contribution in [0.25, 0.3) is 111 Å². The Labute approximate surface area is 602 Å². The van der Waals surface area contributed by atoms with Crippen LogP contribution in [0, 0.1) is 27.7 Å². The van der Waals surface area contributed by atoms with Crippen molar-refractivity contribution in [3.63, 3.8) is 0 Å². The van der Waals surface area contributed by atoms with Crippen LogP contribution in [0.1, 0.15) is 143 Å². The van der Waals surface area contributed by atoms with E-state index < -0.39 is 17.7 Å². The van der Waals surface area contributed by atoms with Crippen molar-refractivity contribution in [1.29, 1.82) is 0 Å². The molecule has 0 aliphatic heterocycles. The van der Waals surface area contributed by atoms with Gasteiger partial charge in [-0.2, -0.15) is 38.7 Å². The Morgan fingerprint density at radius 1 is 0.375 bits per heavy atom. The van der Waals surface area contributed by atoms with Gasteiger partial charge in [-0.25, -0.2) is 4.79 Å². The quantitative estimate of drug-likeness (QED) is 0.0334. The van der Waals surface area contributed by atoms with Crippen molar-refractivity contribution in [3.05, 3.63) is 268 Å². The van der Waals surface area contributed by atoms with Gasteiger partial charge in [-0.15, -0.1) is 0 Å². The zero-order valence-corrected chi connectivity index (χ0v) is 60.1. The lowest BCUT2D eigenvalue weighted by molar-refractivity contribution is -0.137. The Morgan fingerprint density at radius 3 is 1.22 bits per heavy atom. The van der Waals surface area contributed by atoms with E-state index in [9.17, 15) is 27.6 Å². The maximum absolute atomic E-state index is 12.7. The van der Waals surface area contributed by atoms with Crippen molar-refractivity contribution < 1.29 is 32.3 Å². The summed E-state index contributed by atoms with van der Waals surface area (Å²) in [5, 5.41) is 41.9. The van der Waals surface area contributed by atoms with Crippen LogP contribution < -0.4 is 0 Å². The number of halogens is 3. The average molecular weight is 1390 g/mol. The minimum absolute atomic E-state index is 0.0675. The molecule has 0 aliphatic rings. The van der Waals surface area contributed by atoms with Gasteiger partial charge in [0, 0.05) is 72.3 Å². The van der Waals surface area contributed by atoms with Gasteiger partial charge in [0.2, 0.25) is 0 Å². The fourth-order valence-corrected chi connectivity index (χ4v) is 12.4. The summed E-state index contributed by atoms with van der Waals surface area (Å²) >= 11 is 0. The zero-order chi connectivity index (χ0) is 73.4. The van der Waals surface area contributed by atoms with E-state index in [1.165, 1.54) is 94.1 Å². The molecule has 5 heterocycles. The number of nitrogens with zero attached hydrogens (tertiary/aromatic N) is 5. The fraction of sp³-hybridized carbons (Fsp3) is 0.218. The number of Topliss-reactive ketones (excluding diaryl/α,β-unsaturated/α-hetero) is 2. The molecular formula is C87H85F3N10O4. The van der Waals surface area contributed by atoms with E-state index in [0.717, 1.165) is 110 Å². The summed E-state index contributed by atoms with van der Waals surface area (Å²) < 4.78 is 42.8. The third-order valence-electron chi connectivity index (χ3n) is 18.4. The number of fused-ring (bicyclic) bond motifs is 5. The number of aromatic amines is 5. The Morgan fingerprint density at radius 2 is 0.779 bits per heavy atom. The van der Waals surface area contributed by atoms with E-state index in [1.807, 2.05) is 54.6 Å². The van der Waals surface area contributed by atoms with Crippen LogP contribution in [0.15, 0.2) is 212 Å². The second-order valence-electron chi connectivity index (χ2n) is 26.1. The minimum atomic E-state index is -4.40. The minimum Gasteiger partial charge on any atom is -0.465 e. The van der Waals surface area contributed by atoms with Gasteiger partial charge in [0.15, 0.2) is 11.6 Å². The highest BCUT2D eigenvalue weighted by Gasteiger charge is 2.31. The molecule has 0 bridgehead atoms. The molecule has 5 aromatic heterocycles. The average Bonchev–Trinajstić information content (AvgIpc) is 1.67. The fourth-order valence-electron chi connectivity index (χ4n) is 12.4. The molecule has 0 spiro atoms. The predicted molar refractivity (Wildman–Crippen MR) is 414 cm³/mol. The molecule has 5 N–H and O–H groups in total. The smallest absolute Gasteiger partial charge is 0.416 e. The lowest BCUT2D eigenvalue weighted by Gasteiger charge is -2.06. The number of rotatable bonds is 17. The Kier molecular flexibility index (Phi) is 23.8. The van der Waals surface area contributed by atoms with Gasteiger partial charge in [0.1, 0.15) is 0 Å². The number of aromatic nitrogens is 10. The van der Waals surface area contributed by atoms with Gasteiger partial charge >= 0.3 is 12.1 Å². The van der Waals surface area contributed by atoms with Gasteiger partial charge in [-0.3, -0.25) is 35.1 Å². The van der Waals surface area contributed by atoms with Crippen LogP contribution in [0.3, 0.4) is 0 Å². The zero-order valence-electron chi connectivity index (χ0n) is 60.1. The number of alkyl halides is 3. The van der Waals surface area contributed by atoms with Gasteiger partial charge in [0.25, 0.3) is 0 Å². The van der Waals surface area contributed by atoms with E-state index in [2.05, 4.69) is 219 Å². The maximum atomic E-state index is 12.7. The molecule has 0 radical (unpaired) electrons. The standard InChI is InChI=1S/C23H28N2O.C16H11F3N2O2.C16H14N2O.2C16H16N2/c1-3-4-5-6-7-8-9-22(26)18-11-13-19(14-12-18)23-20-16-17(2)10-15-21(20)24-25-23;1-23-15(22)10-4-2-9(3-5-10)14-12-7-6-11(16(17,18)19)8-13(12)20-21-14;1-10-6-7-15-14(8-10)16(18-17-15)13-5-3-4-12(9-13)11(2)19;1-3-12-5-7-13(8-6-12)16-14-10-11(2)4-9-15(14)17-18-16;1-3-12-5-4-6-13(10-12)16-14-9-11(2)7-8-15(14)17-18-16/h10-16H,3-9H2,1-2H3,(H,24,25);2-8H,1H3,(H,20,21);3-9H,1-2H3,(H,17,18);2*4-10H,3H2,1-2H3,(H,17,18).